The Labute approximate surface area is 198 Å². The number of morpholine rings is 1. The maximum atomic E-state index is 13.1. The molecule has 1 unspecified atom stereocenters. The lowest BCUT2D eigenvalue weighted by Crippen LogP contribution is -2.36. The highest BCUT2D eigenvalue weighted by atomic mass is 32.1. The van der Waals surface area contributed by atoms with Gasteiger partial charge in [0.2, 0.25) is 0 Å². The standard InChI is InChI=1S/C25H30N4O3S/c1-17(28-10-3-4-11-28)18-6-5-7-19(16-18)24(30)27-25-26-22-21(31-2)9-8-20(23(22)33-25)29-12-14-32-15-13-29/h5-9,16-17H,3-4,10-15H2,1-2H3,(H,26,27,30). The van der Waals surface area contributed by atoms with E-state index in [1.54, 1.807) is 7.11 Å². The average Bonchev–Trinajstić information content (AvgIpc) is 3.54. The topological polar surface area (TPSA) is 66.9 Å². The molecule has 2 saturated heterocycles. The number of fused-ring (bicyclic) bond motifs is 1. The number of ether oxygens (including phenoxy) is 2. The predicted octanol–water partition coefficient (Wildman–Crippen LogP) is 4.55. The van der Waals surface area contributed by atoms with Crippen LogP contribution in [0.15, 0.2) is 36.4 Å². The quantitative estimate of drug-likeness (QED) is 0.575. The van der Waals surface area contributed by atoms with Gasteiger partial charge >= 0.3 is 0 Å². The van der Waals surface area contributed by atoms with Gasteiger partial charge in [0.05, 0.1) is 30.7 Å². The molecule has 2 aromatic carbocycles. The molecular formula is C25H30N4O3S. The summed E-state index contributed by atoms with van der Waals surface area (Å²) in [6.45, 7) is 7.55. The number of hydrogen-bond acceptors (Lipinski definition) is 7. The summed E-state index contributed by atoms with van der Waals surface area (Å²) in [6.07, 6.45) is 2.50. The van der Waals surface area contributed by atoms with Crippen LogP contribution in [-0.4, -0.2) is 62.3 Å². The van der Waals surface area contributed by atoms with Gasteiger partial charge < -0.3 is 14.4 Å². The monoisotopic (exact) mass is 466 g/mol. The van der Waals surface area contributed by atoms with Crippen molar-refractivity contribution in [1.82, 2.24) is 9.88 Å². The van der Waals surface area contributed by atoms with Gasteiger partial charge in [-0.05, 0) is 62.7 Å². The fraction of sp³-hybridized carbons (Fsp3) is 0.440. The van der Waals surface area contributed by atoms with E-state index < -0.39 is 0 Å². The second-order valence-electron chi connectivity index (χ2n) is 8.58. The third kappa shape index (κ3) is 4.55. The zero-order valence-corrected chi connectivity index (χ0v) is 20.0. The summed E-state index contributed by atoms with van der Waals surface area (Å²) >= 11 is 1.49. The van der Waals surface area contributed by atoms with Crippen LogP contribution >= 0.6 is 11.3 Å². The Morgan fingerprint density at radius 1 is 1.15 bits per heavy atom. The smallest absolute Gasteiger partial charge is 0.257 e. The van der Waals surface area contributed by atoms with Gasteiger partial charge in [-0.2, -0.15) is 0 Å². The fourth-order valence-corrected chi connectivity index (χ4v) is 5.71. The molecule has 1 atom stereocenters. The van der Waals surface area contributed by atoms with Crippen molar-refractivity contribution in [2.45, 2.75) is 25.8 Å². The highest BCUT2D eigenvalue weighted by Gasteiger charge is 2.22. The summed E-state index contributed by atoms with van der Waals surface area (Å²) < 4.78 is 12.1. The first-order valence-electron chi connectivity index (χ1n) is 11.6. The number of rotatable bonds is 6. The Bertz CT molecular complexity index is 1140. The third-order valence-corrected chi connectivity index (χ3v) is 7.59. The first kappa shape index (κ1) is 22.1. The van der Waals surface area contributed by atoms with Crippen LogP contribution in [0.5, 0.6) is 5.75 Å². The van der Waals surface area contributed by atoms with Crippen LogP contribution in [0.2, 0.25) is 0 Å². The van der Waals surface area contributed by atoms with Crippen LogP contribution in [0.3, 0.4) is 0 Å². The van der Waals surface area contributed by atoms with Crippen LogP contribution < -0.4 is 15.0 Å². The predicted molar refractivity (Wildman–Crippen MR) is 133 cm³/mol. The SMILES string of the molecule is COc1ccc(N2CCOCC2)c2sc(NC(=O)c3cccc(C(C)N4CCCC4)c3)nc12. The van der Waals surface area contributed by atoms with E-state index in [2.05, 4.69) is 34.2 Å². The number of methoxy groups -OCH3 is 1. The van der Waals surface area contributed by atoms with Gasteiger partial charge in [-0.1, -0.05) is 23.5 Å². The molecule has 0 saturated carbocycles. The average molecular weight is 467 g/mol. The zero-order valence-electron chi connectivity index (χ0n) is 19.2. The van der Waals surface area contributed by atoms with E-state index in [1.165, 1.54) is 29.7 Å². The Kier molecular flexibility index (Phi) is 6.48. The zero-order chi connectivity index (χ0) is 22.8. The second-order valence-corrected chi connectivity index (χ2v) is 9.58. The van der Waals surface area contributed by atoms with E-state index >= 15 is 0 Å². The first-order valence-corrected chi connectivity index (χ1v) is 12.4. The highest BCUT2D eigenvalue weighted by Crippen LogP contribution is 2.39. The van der Waals surface area contributed by atoms with Crippen molar-refractivity contribution < 1.29 is 14.3 Å². The van der Waals surface area contributed by atoms with E-state index in [9.17, 15) is 4.79 Å². The molecule has 174 valence electrons. The van der Waals surface area contributed by atoms with E-state index in [4.69, 9.17) is 14.5 Å². The number of carbonyl (C=O) groups is 1. The van der Waals surface area contributed by atoms with Gasteiger partial charge in [0, 0.05) is 24.7 Å². The number of thiazole rings is 1. The van der Waals surface area contributed by atoms with E-state index in [-0.39, 0.29) is 5.91 Å². The lowest BCUT2D eigenvalue weighted by Gasteiger charge is -2.29. The molecule has 1 N–H and O–H groups in total. The molecule has 8 heteroatoms. The van der Waals surface area contributed by atoms with Gasteiger partial charge in [0.15, 0.2) is 5.13 Å². The summed E-state index contributed by atoms with van der Waals surface area (Å²) in [5.41, 5.74) is 3.70. The molecule has 0 aliphatic carbocycles. The lowest BCUT2D eigenvalue weighted by molar-refractivity contribution is 0.102. The summed E-state index contributed by atoms with van der Waals surface area (Å²) in [4.78, 5) is 22.6. The highest BCUT2D eigenvalue weighted by molar-refractivity contribution is 7.23. The van der Waals surface area contributed by atoms with E-state index in [0.717, 1.165) is 42.1 Å². The number of amides is 1. The van der Waals surface area contributed by atoms with Gasteiger partial charge in [-0.3, -0.25) is 15.0 Å². The van der Waals surface area contributed by atoms with Crippen molar-refractivity contribution in [1.29, 1.82) is 0 Å². The van der Waals surface area contributed by atoms with Crippen LogP contribution in [0.4, 0.5) is 10.8 Å². The molecule has 5 rings (SSSR count). The largest absolute Gasteiger partial charge is 0.494 e. The van der Waals surface area contributed by atoms with Crippen LogP contribution in [-0.2, 0) is 4.74 Å². The minimum atomic E-state index is -0.142. The number of anilines is 2. The molecule has 0 spiro atoms. The Morgan fingerprint density at radius 2 is 1.94 bits per heavy atom. The Morgan fingerprint density at radius 3 is 2.70 bits per heavy atom. The van der Waals surface area contributed by atoms with Gasteiger partial charge in [0.25, 0.3) is 5.91 Å². The normalized spacial score (nSPS) is 17.9. The van der Waals surface area contributed by atoms with Crippen LogP contribution in [0, 0.1) is 0 Å². The first-order chi connectivity index (χ1) is 16.1. The molecule has 0 radical (unpaired) electrons. The summed E-state index contributed by atoms with van der Waals surface area (Å²) in [5.74, 6) is 0.566. The molecular weight excluding hydrogens is 436 g/mol. The maximum Gasteiger partial charge on any atom is 0.257 e. The minimum Gasteiger partial charge on any atom is -0.494 e. The number of likely N-dealkylation sites (tertiary alicyclic amines) is 1. The molecule has 2 aliphatic heterocycles. The van der Waals surface area contributed by atoms with Crippen molar-refractivity contribution in [2.24, 2.45) is 0 Å². The summed E-state index contributed by atoms with van der Waals surface area (Å²) in [6, 6.07) is 12.3. The van der Waals surface area contributed by atoms with Crippen molar-refractivity contribution in [2.75, 3.05) is 56.7 Å². The molecule has 2 aliphatic rings. The summed E-state index contributed by atoms with van der Waals surface area (Å²) in [5, 5.41) is 3.60. The number of hydrogen-bond donors (Lipinski definition) is 1. The minimum absolute atomic E-state index is 0.142. The van der Waals surface area contributed by atoms with Crippen molar-refractivity contribution in [3.8, 4) is 5.75 Å². The number of nitrogens with one attached hydrogen (secondary N) is 1. The van der Waals surface area contributed by atoms with Gasteiger partial charge in [-0.15, -0.1) is 0 Å². The van der Waals surface area contributed by atoms with Crippen molar-refractivity contribution in [3.63, 3.8) is 0 Å². The maximum absolute atomic E-state index is 13.1. The molecule has 1 amide bonds. The molecule has 3 aromatic rings. The van der Waals surface area contributed by atoms with E-state index in [1.807, 2.05) is 24.3 Å². The van der Waals surface area contributed by atoms with Crippen LogP contribution in [0.25, 0.3) is 10.2 Å². The lowest BCUT2D eigenvalue weighted by atomic mass is 10.0. The molecule has 3 heterocycles. The molecule has 7 nitrogen and oxygen atoms in total. The Hall–Kier alpha value is -2.68. The number of nitrogens with zero attached hydrogens (tertiary/aromatic N) is 3. The Balaban J connectivity index is 1.40. The van der Waals surface area contributed by atoms with E-state index in [0.29, 0.717) is 35.7 Å². The molecule has 2 fully saturated rings. The molecule has 0 bridgehead atoms. The molecule has 33 heavy (non-hydrogen) atoms. The van der Waals surface area contributed by atoms with Gasteiger partial charge in [-0.25, -0.2) is 4.98 Å². The fourth-order valence-electron chi connectivity index (χ4n) is 4.69. The van der Waals surface area contributed by atoms with Crippen molar-refractivity contribution in [3.05, 3.63) is 47.5 Å². The van der Waals surface area contributed by atoms with Gasteiger partial charge in [0.1, 0.15) is 11.3 Å². The number of aromatic nitrogens is 1. The third-order valence-electron chi connectivity index (χ3n) is 6.60. The second kappa shape index (κ2) is 9.67. The van der Waals surface area contributed by atoms with Crippen molar-refractivity contribution >= 4 is 38.3 Å². The number of benzene rings is 2. The number of carbonyl (C=O) groups excluding carboxylic acids is 1. The van der Waals surface area contributed by atoms with Crippen LogP contribution in [0.1, 0.15) is 41.7 Å². The molecule has 1 aromatic heterocycles. The summed E-state index contributed by atoms with van der Waals surface area (Å²) in [7, 11) is 1.65.